The number of hydrogen-bond acceptors (Lipinski definition) is 3. The number of nitrogens with zero attached hydrogens (tertiary/aromatic N) is 1. The molecule has 0 amide bonds. The molecule has 0 radical (unpaired) electrons. The van der Waals surface area contributed by atoms with Gasteiger partial charge in [-0.25, -0.2) is 12.8 Å². The number of guanidine groups is 1. The number of rotatable bonds is 7. The van der Waals surface area contributed by atoms with E-state index in [1.54, 1.807) is 19.9 Å². The van der Waals surface area contributed by atoms with Crippen LogP contribution in [0.1, 0.15) is 40.2 Å². The topological polar surface area (TPSA) is 70.6 Å². The fourth-order valence-electron chi connectivity index (χ4n) is 2.04. The van der Waals surface area contributed by atoms with E-state index in [-0.39, 0.29) is 17.8 Å². The van der Waals surface area contributed by atoms with Crippen LogP contribution in [0.15, 0.2) is 29.3 Å². The first kappa shape index (κ1) is 21.4. The highest BCUT2D eigenvalue weighted by Crippen LogP contribution is 2.22. The molecule has 1 aromatic carbocycles. The van der Waals surface area contributed by atoms with Gasteiger partial charge in [-0.3, -0.25) is 4.99 Å². The van der Waals surface area contributed by atoms with Crippen LogP contribution in [0.2, 0.25) is 0 Å². The monoisotopic (exact) mass is 371 g/mol. The number of sulfone groups is 1. The number of aliphatic imine (C=N–C) groups is 1. The molecule has 7 heteroatoms. The summed E-state index contributed by atoms with van der Waals surface area (Å²) in [4.78, 5) is 4.41. The van der Waals surface area contributed by atoms with Crippen molar-refractivity contribution < 1.29 is 12.8 Å². The number of halogens is 1. The summed E-state index contributed by atoms with van der Waals surface area (Å²) in [5, 5.41) is 6.34. The predicted octanol–water partition coefficient (Wildman–Crippen LogP) is 2.48. The van der Waals surface area contributed by atoms with Gasteiger partial charge in [0.2, 0.25) is 0 Å². The first-order valence-corrected chi connectivity index (χ1v) is 10.3. The molecule has 0 saturated heterocycles. The molecule has 0 unspecified atom stereocenters. The molecule has 5 nitrogen and oxygen atoms in total. The Labute approximate surface area is 151 Å². The zero-order chi connectivity index (χ0) is 19.3. The minimum Gasteiger partial charge on any atom is -0.357 e. The quantitative estimate of drug-likeness (QED) is 0.571. The van der Waals surface area contributed by atoms with E-state index >= 15 is 0 Å². The Morgan fingerprint density at radius 2 is 1.84 bits per heavy atom. The van der Waals surface area contributed by atoms with Gasteiger partial charge in [0.1, 0.15) is 5.82 Å². The average Bonchev–Trinajstić information content (AvgIpc) is 2.49. The molecular formula is C18H30FN3O2S. The fraction of sp³-hybridized carbons (Fsp3) is 0.611. The fourth-order valence-corrected chi connectivity index (χ4v) is 2.34. The van der Waals surface area contributed by atoms with Crippen molar-refractivity contribution in [3.63, 3.8) is 0 Å². The van der Waals surface area contributed by atoms with Gasteiger partial charge in [-0.05, 0) is 38.5 Å². The summed E-state index contributed by atoms with van der Waals surface area (Å²) in [5.74, 6) is 0.282. The van der Waals surface area contributed by atoms with E-state index in [4.69, 9.17) is 0 Å². The van der Waals surface area contributed by atoms with Gasteiger partial charge >= 0.3 is 0 Å². The molecule has 0 aliphatic carbocycles. The lowest BCUT2D eigenvalue weighted by Crippen LogP contribution is -2.44. The zero-order valence-electron chi connectivity index (χ0n) is 16.0. The standard InChI is InChI=1S/C18H30FN3O2S/c1-7-20-16(22-13-18(4,5)25(6,23)24)21-12-17(2,3)14-9-8-10-15(19)11-14/h8-11H,7,12-13H2,1-6H3,(H2,20,21,22). The molecule has 0 heterocycles. The molecule has 0 aromatic heterocycles. The maximum absolute atomic E-state index is 13.5. The largest absolute Gasteiger partial charge is 0.357 e. The van der Waals surface area contributed by atoms with Gasteiger partial charge in [0.25, 0.3) is 0 Å². The first-order valence-electron chi connectivity index (χ1n) is 8.37. The van der Waals surface area contributed by atoms with Crippen LogP contribution in [-0.2, 0) is 15.3 Å². The minimum absolute atomic E-state index is 0.154. The van der Waals surface area contributed by atoms with Gasteiger partial charge in [0.05, 0.1) is 11.3 Å². The van der Waals surface area contributed by atoms with Crippen LogP contribution in [0.3, 0.4) is 0 Å². The van der Waals surface area contributed by atoms with Crippen molar-refractivity contribution in [1.29, 1.82) is 0 Å². The molecular weight excluding hydrogens is 341 g/mol. The van der Waals surface area contributed by atoms with E-state index in [1.165, 1.54) is 18.4 Å². The van der Waals surface area contributed by atoms with E-state index in [0.717, 1.165) is 5.56 Å². The molecule has 142 valence electrons. The van der Waals surface area contributed by atoms with Gasteiger partial charge in [0, 0.05) is 24.8 Å². The van der Waals surface area contributed by atoms with Crippen molar-refractivity contribution in [3.05, 3.63) is 35.6 Å². The minimum atomic E-state index is -3.21. The summed E-state index contributed by atoms with van der Waals surface area (Å²) in [6.45, 7) is 10.6. The molecule has 0 aliphatic heterocycles. The molecule has 0 fully saturated rings. The van der Waals surface area contributed by atoms with E-state index in [2.05, 4.69) is 15.6 Å². The molecule has 0 spiro atoms. The highest BCUT2D eigenvalue weighted by molar-refractivity contribution is 7.92. The van der Waals surface area contributed by atoms with Crippen molar-refractivity contribution in [2.24, 2.45) is 4.99 Å². The van der Waals surface area contributed by atoms with Gasteiger partial charge in [0.15, 0.2) is 15.8 Å². The summed E-state index contributed by atoms with van der Waals surface area (Å²) >= 11 is 0. The Kier molecular flexibility index (Phi) is 6.99. The van der Waals surface area contributed by atoms with Crippen molar-refractivity contribution in [2.45, 2.75) is 44.8 Å². The molecule has 2 N–H and O–H groups in total. The Bertz CT molecular complexity index is 713. The SMILES string of the molecule is CCNC(=NCC(C)(C)S(C)(=O)=O)NCC(C)(C)c1cccc(F)c1. The molecule has 1 aromatic rings. The lowest BCUT2D eigenvalue weighted by atomic mass is 9.84. The summed E-state index contributed by atoms with van der Waals surface area (Å²) in [5.41, 5.74) is 0.567. The second-order valence-corrected chi connectivity index (χ2v) is 10.1. The lowest BCUT2D eigenvalue weighted by Gasteiger charge is -2.27. The van der Waals surface area contributed by atoms with E-state index in [1.807, 2.05) is 26.8 Å². The second-order valence-electron chi connectivity index (χ2n) is 7.47. The Morgan fingerprint density at radius 3 is 2.36 bits per heavy atom. The van der Waals surface area contributed by atoms with Gasteiger partial charge in [-0.1, -0.05) is 26.0 Å². The van der Waals surface area contributed by atoms with Crippen LogP contribution < -0.4 is 10.6 Å². The van der Waals surface area contributed by atoms with Crippen molar-refractivity contribution in [2.75, 3.05) is 25.9 Å². The third-order valence-electron chi connectivity index (χ3n) is 4.27. The van der Waals surface area contributed by atoms with Gasteiger partial charge in [-0.2, -0.15) is 0 Å². The Hall–Kier alpha value is -1.63. The molecule has 25 heavy (non-hydrogen) atoms. The van der Waals surface area contributed by atoms with Crippen LogP contribution in [0.25, 0.3) is 0 Å². The highest BCUT2D eigenvalue weighted by Gasteiger charge is 2.30. The highest BCUT2D eigenvalue weighted by atomic mass is 32.2. The van der Waals surface area contributed by atoms with Crippen LogP contribution in [0.5, 0.6) is 0 Å². The van der Waals surface area contributed by atoms with Crippen LogP contribution in [0, 0.1) is 5.82 Å². The lowest BCUT2D eigenvalue weighted by molar-refractivity contribution is 0.502. The third kappa shape index (κ3) is 6.30. The van der Waals surface area contributed by atoms with Gasteiger partial charge in [-0.15, -0.1) is 0 Å². The summed E-state index contributed by atoms with van der Waals surface area (Å²) in [6, 6.07) is 6.53. The molecule has 1 rings (SSSR count). The predicted molar refractivity (Wildman–Crippen MR) is 102 cm³/mol. The second kappa shape index (κ2) is 8.17. The zero-order valence-corrected chi connectivity index (χ0v) is 16.8. The van der Waals surface area contributed by atoms with Gasteiger partial charge < -0.3 is 10.6 Å². The van der Waals surface area contributed by atoms with Crippen LogP contribution in [0.4, 0.5) is 4.39 Å². The molecule has 0 bridgehead atoms. The summed E-state index contributed by atoms with van der Waals surface area (Å²) < 4.78 is 36.2. The maximum atomic E-state index is 13.5. The Balaban J connectivity index is 2.86. The number of nitrogens with one attached hydrogen (secondary N) is 2. The third-order valence-corrected chi connectivity index (χ3v) is 6.41. The smallest absolute Gasteiger partial charge is 0.191 e. The van der Waals surface area contributed by atoms with E-state index in [9.17, 15) is 12.8 Å². The maximum Gasteiger partial charge on any atom is 0.191 e. The normalized spacial score (nSPS) is 13.6. The van der Waals surface area contributed by atoms with Crippen LogP contribution >= 0.6 is 0 Å². The molecule has 0 atom stereocenters. The summed E-state index contributed by atoms with van der Waals surface area (Å²) in [7, 11) is -3.21. The molecule has 0 saturated carbocycles. The Morgan fingerprint density at radius 1 is 1.20 bits per heavy atom. The van der Waals surface area contributed by atoms with E-state index in [0.29, 0.717) is 19.0 Å². The number of benzene rings is 1. The summed E-state index contributed by atoms with van der Waals surface area (Å²) in [6.07, 6.45) is 1.22. The first-order chi connectivity index (χ1) is 11.4. The van der Waals surface area contributed by atoms with Crippen molar-refractivity contribution >= 4 is 15.8 Å². The van der Waals surface area contributed by atoms with Crippen molar-refractivity contribution in [3.8, 4) is 0 Å². The van der Waals surface area contributed by atoms with Crippen molar-refractivity contribution in [1.82, 2.24) is 10.6 Å². The van der Waals surface area contributed by atoms with Crippen LogP contribution in [-0.4, -0.2) is 45.0 Å². The number of hydrogen-bond donors (Lipinski definition) is 2. The average molecular weight is 372 g/mol. The molecule has 0 aliphatic rings. The van der Waals surface area contributed by atoms with E-state index < -0.39 is 14.6 Å².